The predicted molar refractivity (Wildman–Crippen MR) is 18.6 cm³/mol. The summed E-state index contributed by atoms with van der Waals surface area (Å²) in [5, 5.41) is 0. The molecule has 6 heavy (non-hydrogen) atoms. The van der Waals surface area contributed by atoms with E-state index < -0.39 is 10.1 Å². The van der Waals surface area contributed by atoms with Crippen molar-refractivity contribution in [2.24, 2.45) is 0 Å². The molecule has 0 amide bonds. The van der Waals surface area contributed by atoms with Crippen molar-refractivity contribution in [1.82, 2.24) is 0 Å². The molecule has 0 aromatic carbocycles. The smallest absolute Gasteiger partial charge is 1.00 e. The van der Waals surface area contributed by atoms with Gasteiger partial charge in [-0.15, -0.1) is 0 Å². The Labute approximate surface area is 60.3 Å². The summed E-state index contributed by atoms with van der Waals surface area (Å²) in [6, 6.07) is 0. The summed E-state index contributed by atoms with van der Waals surface area (Å²) in [5.41, 5.74) is 0. The molecule has 0 radical (unpaired) electrons. The van der Waals surface area contributed by atoms with Gasteiger partial charge in [0.1, 0.15) is 0 Å². The van der Waals surface area contributed by atoms with Gasteiger partial charge >= 0.3 is 29.6 Å². The van der Waals surface area contributed by atoms with Crippen molar-refractivity contribution in [3.05, 3.63) is 0 Å². The molecule has 0 aromatic rings. The van der Waals surface area contributed by atoms with Crippen molar-refractivity contribution in [2.45, 2.75) is 0 Å². The van der Waals surface area contributed by atoms with Crippen LogP contribution in [0.1, 0.15) is 1.43 Å². The number of rotatable bonds is 0. The van der Waals surface area contributed by atoms with E-state index in [1.54, 1.807) is 0 Å². The summed E-state index contributed by atoms with van der Waals surface area (Å²) in [6.45, 7) is 0. The van der Waals surface area contributed by atoms with E-state index in [1.165, 1.54) is 0 Å². The Morgan fingerprint density at radius 2 is 1.67 bits per heavy atom. The minimum atomic E-state index is -3.67. The second-order valence-electron chi connectivity index (χ2n) is 0.733. The van der Waals surface area contributed by atoms with Gasteiger partial charge in [0.15, 0.2) is 0 Å². The van der Waals surface area contributed by atoms with Gasteiger partial charge in [0.25, 0.3) is 10.1 Å². The summed E-state index contributed by atoms with van der Waals surface area (Å²) in [7, 11) is -3.67. The molecular formula is CH5NaO3S. The Balaban J connectivity index is -0.0000000800. The molecule has 0 unspecified atom stereocenters. The fourth-order valence-corrected chi connectivity index (χ4v) is 0. The van der Waals surface area contributed by atoms with Crippen molar-refractivity contribution >= 4 is 10.1 Å². The van der Waals surface area contributed by atoms with Crippen LogP contribution in [0.25, 0.3) is 0 Å². The van der Waals surface area contributed by atoms with E-state index in [1.807, 2.05) is 0 Å². The van der Waals surface area contributed by atoms with E-state index in [4.69, 9.17) is 4.55 Å². The minimum absolute atomic E-state index is 0. The van der Waals surface area contributed by atoms with Gasteiger partial charge in [-0.2, -0.15) is 8.42 Å². The molecule has 0 atom stereocenters. The molecule has 34 valence electrons. The quantitative estimate of drug-likeness (QED) is 0.268. The zero-order valence-electron chi connectivity index (χ0n) is 4.67. The van der Waals surface area contributed by atoms with Crippen LogP contribution in [0.4, 0.5) is 0 Å². The SMILES string of the molecule is CS(=O)(=O)O.[H-].[Na+]. The first-order valence-electron chi connectivity index (χ1n) is 0.924. The molecule has 0 fully saturated rings. The zero-order chi connectivity index (χ0) is 4.50. The summed E-state index contributed by atoms with van der Waals surface area (Å²) < 4.78 is 25.9. The monoisotopic (exact) mass is 120 g/mol. The molecule has 0 rings (SSSR count). The van der Waals surface area contributed by atoms with Crippen LogP contribution in [0.3, 0.4) is 0 Å². The maximum atomic E-state index is 9.19. The standard InChI is InChI=1S/CH4O3S.Na.H/c1-5(2,3)4;;/h1H3,(H,2,3,4);;/q;+1;-1. The molecular weight excluding hydrogens is 115 g/mol. The Kier molecular flexibility index (Phi) is 4.98. The first-order valence-corrected chi connectivity index (χ1v) is 2.77. The van der Waals surface area contributed by atoms with Crippen LogP contribution in [0.2, 0.25) is 0 Å². The molecule has 0 aliphatic carbocycles. The first kappa shape index (κ1) is 10.0. The maximum Gasteiger partial charge on any atom is 1.00 e. The summed E-state index contributed by atoms with van der Waals surface area (Å²) in [4.78, 5) is 0. The minimum Gasteiger partial charge on any atom is -1.00 e. The van der Waals surface area contributed by atoms with Gasteiger partial charge in [0.05, 0.1) is 6.26 Å². The Hall–Kier alpha value is 0.910. The van der Waals surface area contributed by atoms with Crippen LogP contribution >= 0.6 is 0 Å². The molecule has 0 aromatic heterocycles. The number of hydrogen-bond donors (Lipinski definition) is 1. The van der Waals surface area contributed by atoms with Crippen LogP contribution in [0, 0.1) is 0 Å². The van der Waals surface area contributed by atoms with Gasteiger partial charge in [0.2, 0.25) is 0 Å². The van der Waals surface area contributed by atoms with Gasteiger partial charge in [-0.3, -0.25) is 4.55 Å². The largest absolute Gasteiger partial charge is 1.00 e. The summed E-state index contributed by atoms with van der Waals surface area (Å²) in [5.74, 6) is 0. The first-order chi connectivity index (χ1) is 2.00. The average Bonchev–Trinajstić information content (AvgIpc) is 0.722. The second kappa shape index (κ2) is 2.98. The van der Waals surface area contributed by atoms with Crippen LogP contribution in [-0.4, -0.2) is 19.2 Å². The average molecular weight is 120 g/mol. The van der Waals surface area contributed by atoms with Gasteiger partial charge in [-0.25, -0.2) is 0 Å². The van der Waals surface area contributed by atoms with Gasteiger partial charge < -0.3 is 1.43 Å². The number of hydrogen-bond acceptors (Lipinski definition) is 2. The van der Waals surface area contributed by atoms with Crippen molar-refractivity contribution in [3.63, 3.8) is 0 Å². The normalized spacial score (nSPS) is 9.67. The van der Waals surface area contributed by atoms with Crippen LogP contribution in [0.5, 0.6) is 0 Å². The van der Waals surface area contributed by atoms with Gasteiger partial charge in [-0.05, 0) is 0 Å². The maximum absolute atomic E-state index is 9.19. The van der Waals surface area contributed by atoms with E-state index in [0.717, 1.165) is 0 Å². The third kappa shape index (κ3) is 90.6. The molecule has 0 saturated heterocycles. The molecule has 1 N–H and O–H groups in total. The van der Waals surface area contributed by atoms with Crippen molar-refractivity contribution < 1.29 is 44.0 Å². The van der Waals surface area contributed by atoms with E-state index >= 15 is 0 Å². The fourth-order valence-electron chi connectivity index (χ4n) is 0. The zero-order valence-corrected chi connectivity index (χ0v) is 6.49. The molecule has 5 heteroatoms. The Morgan fingerprint density at radius 1 is 1.67 bits per heavy atom. The van der Waals surface area contributed by atoms with E-state index in [9.17, 15) is 8.42 Å². The molecule has 0 aliphatic heterocycles. The fraction of sp³-hybridized carbons (Fsp3) is 1.00. The Morgan fingerprint density at radius 3 is 1.67 bits per heavy atom. The van der Waals surface area contributed by atoms with Crippen LogP contribution in [-0.2, 0) is 10.1 Å². The molecule has 0 heterocycles. The second-order valence-corrected chi connectivity index (χ2v) is 2.20. The van der Waals surface area contributed by atoms with Crippen LogP contribution < -0.4 is 29.6 Å². The molecule has 0 aliphatic rings. The topological polar surface area (TPSA) is 54.4 Å². The molecule has 3 nitrogen and oxygen atoms in total. The van der Waals surface area contributed by atoms with E-state index in [0.29, 0.717) is 6.26 Å². The van der Waals surface area contributed by atoms with Crippen molar-refractivity contribution in [1.29, 1.82) is 0 Å². The van der Waals surface area contributed by atoms with E-state index in [2.05, 4.69) is 0 Å². The van der Waals surface area contributed by atoms with E-state index in [-0.39, 0.29) is 31.0 Å². The third-order valence-corrected chi connectivity index (χ3v) is 0. The Bertz CT molecular complexity index is 98.1. The molecule has 0 bridgehead atoms. The van der Waals surface area contributed by atoms with Gasteiger partial charge in [0, 0.05) is 0 Å². The summed E-state index contributed by atoms with van der Waals surface area (Å²) in [6.07, 6.45) is 0.715. The predicted octanol–water partition coefficient (Wildman–Crippen LogP) is -3.38. The third-order valence-electron chi connectivity index (χ3n) is 0. The summed E-state index contributed by atoms with van der Waals surface area (Å²) >= 11 is 0. The van der Waals surface area contributed by atoms with Crippen LogP contribution in [0.15, 0.2) is 0 Å². The molecule has 0 saturated carbocycles. The van der Waals surface area contributed by atoms with Crippen molar-refractivity contribution in [2.75, 3.05) is 6.26 Å². The molecule has 0 spiro atoms. The van der Waals surface area contributed by atoms with Crippen molar-refractivity contribution in [3.8, 4) is 0 Å². The van der Waals surface area contributed by atoms with Gasteiger partial charge in [-0.1, -0.05) is 0 Å².